The SMILES string of the molecule is O=C(O)C[C@H]1CCc2c1[nH]c1ccc(OCc3ccc([C@@H]4CC[C@@H](O)C4)c(C(F)(F)F)c3)cc21. The van der Waals surface area contributed by atoms with Gasteiger partial charge in [0.2, 0.25) is 0 Å². The Balaban J connectivity index is 1.35. The second-order valence-corrected chi connectivity index (χ2v) is 9.43. The van der Waals surface area contributed by atoms with E-state index in [4.69, 9.17) is 9.84 Å². The summed E-state index contributed by atoms with van der Waals surface area (Å²) < 4.78 is 47.2. The summed E-state index contributed by atoms with van der Waals surface area (Å²) in [5.41, 5.74) is 2.96. The molecule has 3 aromatic rings. The number of carboxylic acids is 1. The predicted molar refractivity (Wildman–Crippen MR) is 120 cm³/mol. The van der Waals surface area contributed by atoms with Gasteiger partial charge in [0, 0.05) is 22.5 Å². The Morgan fingerprint density at radius 1 is 1.12 bits per heavy atom. The average molecular weight is 473 g/mol. The third kappa shape index (κ3) is 4.39. The Kier molecular flexibility index (Phi) is 5.80. The van der Waals surface area contributed by atoms with E-state index >= 15 is 0 Å². The third-order valence-corrected chi connectivity index (χ3v) is 7.16. The molecule has 0 spiro atoms. The fraction of sp³-hybridized carbons (Fsp3) is 0.423. The maximum Gasteiger partial charge on any atom is 0.416 e. The Bertz CT molecular complexity index is 1230. The third-order valence-electron chi connectivity index (χ3n) is 7.16. The number of aliphatic hydroxyl groups is 1. The number of aryl methyl sites for hydroxylation is 1. The summed E-state index contributed by atoms with van der Waals surface area (Å²) in [7, 11) is 0. The summed E-state index contributed by atoms with van der Waals surface area (Å²) >= 11 is 0. The van der Waals surface area contributed by atoms with E-state index in [-0.39, 0.29) is 30.4 Å². The number of hydrogen-bond acceptors (Lipinski definition) is 3. The molecule has 34 heavy (non-hydrogen) atoms. The first kappa shape index (κ1) is 22.8. The smallest absolute Gasteiger partial charge is 0.416 e. The molecule has 2 aliphatic carbocycles. The number of aromatic nitrogens is 1. The molecule has 5 rings (SSSR count). The van der Waals surface area contributed by atoms with Gasteiger partial charge >= 0.3 is 12.1 Å². The van der Waals surface area contributed by atoms with E-state index in [2.05, 4.69) is 4.98 Å². The van der Waals surface area contributed by atoms with Crippen molar-refractivity contribution in [2.45, 2.75) is 69.2 Å². The molecular formula is C26H26F3NO4. The molecule has 2 aromatic carbocycles. The second kappa shape index (κ2) is 8.65. The molecule has 1 fully saturated rings. The lowest BCUT2D eigenvalue weighted by atomic mass is 9.91. The summed E-state index contributed by atoms with van der Waals surface area (Å²) in [4.78, 5) is 14.5. The second-order valence-electron chi connectivity index (χ2n) is 9.43. The molecule has 1 heterocycles. The van der Waals surface area contributed by atoms with Crippen molar-refractivity contribution in [2.75, 3.05) is 0 Å². The molecule has 180 valence electrons. The fourth-order valence-corrected chi connectivity index (χ4v) is 5.53. The van der Waals surface area contributed by atoms with Gasteiger partial charge in [0.1, 0.15) is 12.4 Å². The van der Waals surface area contributed by atoms with Crippen LogP contribution in [0, 0.1) is 0 Å². The zero-order chi connectivity index (χ0) is 24.0. The number of fused-ring (bicyclic) bond motifs is 3. The highest BCUT2D eigenvalue weighted by Crippen LogP contribution is 2.43. The van der Waals surface area contributed by atoms with Crippen LogP contribution in [-0.4, -0.2) is 27.3 Å². The van der Waals surface area contributed by atoms with Gasteiger partial charge in [-0.05, 0) is 79.0 Å². The maximum absolute atomic E-state index is 13.8. The molecule has 8 heteroatoms. The number of aliphatic hydroxyl groups excluding tert-OH is 1. The number of ether oxygens (including phenoxy) is 1. The molecule has 1 aromatic heterocycles. The fourth-order valence-electron chi connectivity index (χ4n) is 5.53. The number of alkyl halides is 3. The van der Waals surface area contributed by atoms with Gasteiger partial charge in [-0.25, -0.2) is 0 Å². The van der Waals surface area contributed by atoms with Gasteiger partial charge in [0.25, 0.3) is 0 Å². The van der Waals surface area contributed by atoms with Gasteiger partial charge in [-0.3, -0.25) is 4.79 Å². The van der Waals surface area contributed by atoms with Crippen molar-refractivity contribution >= 4 is 16.9 Å². The van der Waals surface area contributed by atoms with E-state index in [1.54, 1.807) is 12.1 Å². The van der Waals surface area contributed by atoms with Crippen LogP contribution in [0.2, 0.25) is 0 Å². The lowest BCUT2D eigenvalue weighted by molar-refractivity contribution is -0.139. The van der Waals surface area contributed by atoms with Gasteiger partial charge in [0.15, 0.2) is 0 Å². The molecule has 0 unspecified atom stereocenters. The van der Waals surface area contributed by atoms with Gasteiger partial charge < -0.3 is 19.9 Å². The molecule has 0 radical (unpaired) electrons. The van der Waals surface area contributed by atoms with E-state index in [0.29, 0.717) is 30.6 Å². The van der Waals surface area contributed by atoms with E-state index in [9.17, 15) is 23.1 Å². The minimum Gasteiger partial charge on any atom is -0.489 e. The Morgan fingerprint density at radius 2 is 1.94 bits per heavy atom. The molecule has 0 saturated heterocycles. The summed E-state index contributed by atoms with van der Waals surface area (Å²) in [5.74, 6) is -0.601. The van der Waals surface area contributed by atoms with Crippen LogP contribution in [0.3, 0.4) is 0 Å². The van der Waals surface area contributed by atoms with Crippen LogP contribution >= 0.6 is 0 Å². The number of nitrogens with one attached hydrogen (secondary N) is 1. The standard InChI is InChI=1S/C26H26F3NO4/c27-26(28,29)22-9-14(1-6-19(22)15-2-4-17(31)10-15)13-34-18-5-8-23-21(12-18)20-7-3-16(11-24(32)33)25(20)30-23/h1,5-6,8-9,12,15-17,30-31H,2-4,7,10-11,13H2,(H,32,33)/t15-,16-,17-/m1/s1. The van der Waals surface area contributed by atoms with Crippen LogP contribution in [-0.2, 0) is 24.0 Å². The van der Waals surface area contributed by atoms with Crippen molar-refractivity contribution in [1.82, 2.24) is 4.98 Å². The van der Waals surface area contributed by atoms with E-state index in [0.717, 1.165) is 41.1 Å². The van der Waals surface area contributed by atoms with Crippen molar-refractivity contribution in [2.24, 2.45) is 0 Å². The van der Waals surface area contributed by atoms with E-state index < -0.39 is 23.8 Å². The molecule has 2 aliphatic rings. The van der Waals surface area contributed by atoms with Crippen LogP contribution in [0.25, 0.3) is 10.9 Å². The first-order chi connectivity index (χ1) is 16.2. The topological polar surface area (TPSA) is 82.5 Å². The first-order valence-electron chi connectivity index (χ1n) is 11.6. The van der Waals surface area contributed by atoms with Crippen LogP contribution < -0.4 is 4.74 Å². The van der Waals surface area contributed by atoms with Gasteiger partial charge in [-0.15, -0.1) is 0 Å². The maximum atomic E-state index is 13.8. The first-order valence-corrected chi connectivity index (χ1v) is 11.6. The number of hydrogen-bond donors (Lipinski definition) is 3. The molecule has 1 saturated carbocycles. The number of aliphatic carboxylic acids is 1. The lowest BCUT2D eigenvalue weighted by Gasteiger charge is -2.19. The van der Waals surface area contributed by atoms with Gasteiger partial charge in [-0.2, -0.15) is 13.2 Å². The number of carbonyl (C=O) groups is 1. The van der Waals surface area contributed by atoms with Crippen molar-refractivity contribution in [3.63, 3.8) is 0 Å². The zero-order valence-corrected chi connectivity index (χ0v) is 18.5. The van der Waals surface area contributed by atoms with Crippen molar-refractivity contribution in [3.8, 4) is 5.75 Å². The van der Waals surface area contributed by atoms with Crippen molar-refractivity contribution in [3.05, 3.63) is 64.3 Å². The molecule has 0 bridgehead atoms. The molecule has 3 N–H and O–H groups in total. The number of rotatable bonds is 6. The molecule has 0 aliphatic heterocycles. The summed E-state index contributed by atoms with van der Waals surface area (Å²) in [5, 5.41) is 19.9. The minimum atomic E-state index is -4.48. The van der Waals surface area contributed by atoms with Crippen LogP contribution in [0.4, 0.5) is 13.2 Å². The normalized spacial score (nSPS) is 22.3. The van der Waals surface area contributed by atoms with Crippen LogP contribution in [0.5, 0.6) is 5.75 Å². The largest absolute Gasteiger partial charge is 0.489 e. The zero-order valence-electron chi connectivity index (χ0n) is 18.5. The minimum absolute atomic E-state index is 0.00356. The summed E-state index contributed by atoms with van der Waals surface area (Å²) in [6.45, 7) is -0.00356. The lowest BCUT2D eigenvalue weighted by Crippen LogP contribution is -2.13. The monoisotopic (exact) mass is 473 g/mol. The van der Waals surface area contributed by atoms with E-state index in [1.165, 1.54) is 6.07 Å². The molecule has 0 amide bonds. The van der Waals surface area contributed by atoms with E-state index in [1.807, 2.05) is 12.1 Å². The quantitative estimate of drug-likeness (QED) is 0.416. The summed E-state index contributed by atoms with van der Waals surface area (Å²) in [6, 6.07) is 9.83. The average Bonchev–Trinajstić information content (AvgIpc) is 3.47. The summed E-state index contributed by atoms with van der Waals surface area (Å²) in [6.07, 6.45) is -1.95. The van der Waals surface area contributed by atoms with Crippen molar-refractivity contribution < 1.29 is 32.9 Å². The van der Waals surface area contributed by atoms with Crippen molar-refractivity contribution in [1.29, 1.82) is 0 Å². The number of carboxylic acid groups (broad SMARTS) is 1. The van der Waals surface area contributed by atoms with Gasteiger partial charge in [0.05, 0.1) is 18.1 Å². The Morgan fingerprint density at radius 3 is 2.65 bits per heavy atom. The van der Waals surface area contributed by atoms with Crippen LogP contribution in [0.15, 0.2) is 36.4 Å². The predicted octanol–water partition coefficient (Wildman–Crippen LogP) is 5.90. The number of aromatic amines is 1. The van der Waals surface area contributed by atoms with Crippen LogP contribution in [0.1, 0.15) is 71.9 Å². The molecular weight excluding hydrogens is 447 g/mol. The highest BCUT2D eigenvalue weighted by molar-refractivity contribution is 5.87. The molecule has 3 atom stereocenters. The highest BCUT2D eigenvalue weighted by Gasteiger charge is 2.37. The van der Waals surface area contributed by atoms with Gasteiger partial charge in [-0.1, -0.05) is 12.1 Å². The number of H-pyrrole nitrogens is 1. The Hall–Kier alpha value is -3.00. The highest BCUT2D eigenvalue weighted by atomic mass is 19.4. The number of halogens is 3. The number of benzene rings is 2. The molecule has 5 nitrogen and oxygen atoms in total. The Labute approximate surface area is 194 Å².